The number of rotatable bonds is 5. The van der Waals surface area contributed by atoms with Crippen LogP contribution in [0.25, 0.3) is 0 Å². The maximum absolute atomic E-state index is 11.3. The predicted octanol–water partition coefficient (Wildman–Crippen LogP) is 1.66. The van der Waals surface area contributed by atoms with Gasteiger partial charge in [0.1, 0.15) is 5.82 Å². The van der Waals surface area contributed by atoms with Crippen LogP contribution in [-0.4, -0.2) is 25.2 Å². The Morgan fingerprint density at radius 1 is 1.38 bits per heavy atom. The minimum absolute atomic E-state index is 0.0546. The SMILES string of the molecule is CCS(=O)(=O)Nc1ccc(NC(C)C)nc1. The molecule has 0 unspecified atom stereocenters. The molecule has 0 aliphatic carbocycles. The van der Waals surface area contributed by atoms with Gasteiger partial charge in [-0.05, 0) is 32.9 Å². The van der Waals surface area contributed by atoms with E-state index in [2.05, 4.69) is 15.0 Å². The number of sulfonamides is 1. The van der Waals surface area contributed by atoms with E-state index in [-0.39, 0.29) is 5.75 Å². The molecular weight excluding hydrogens is 226 g/mol. The van der Waals surface area contributed by atoms with Gasteiger partial charge in [-0.1, -0.05) is 0 Å². The van der Waals surface area contributed by atoms with Crippen LogP contribution in [0.2, 0.25) is 0 Å². The maximum atomic E-state index is 11.3. The van der Waals surface area contributed by atoms with Crippen molar-refractivity contribution in [3.63, 3.8) is 0 Å². The van der Waals surface area contributed by atoms with Crippen molar-refractivity contribution in [3.05, 3.63) is 18.3 Å². The van der Waals surface area contributed by atoms with Gasteiger partial charge < -0.3 is 5.32 Å². The summed E-state index contributed by atoms with van der Waals surface area (Å²) in [6, 6.07) is 3.73. The third kappa shape index (κ3) is 4.06. The molecule has 0 amide bonds. The highest BCUT2D eigenvalue weighted by atomic mass is 32.2. The zero-order valence-electron chi connectivity index (χ0n) is 9.69. The highest BCUT2D eigenvalue weighted by Crippen LogP contribution is 2.11. The van der Waals surface area contributed by atoms with Gasteiger partial charge in [-0.25, -0.2) is 13.4 Å². The molecule has 0 atom stereocenters. The zero-order chi connectivity index (χ0) is 12.2. The van der Waals surface area contributed by atoms with E-state index in [4.69, 9.17) is 0 Å². The zero-order valence-corrected chi connectivity index (χ0v) is 10.5. The first-order valence-corrected chi connectivity index (χ1v) is 6.81. The van der Waals surface area contributed by atoms with Crippen LogP contribution in [-0.2, 0) is 10.0 Å². The van der Waals surface area contributed by atoms with E-state index in [0.717, 1.165) is 5.82 Å². The van der Waals surface area contributed by atoms with E-state index in [1.165, 1.54) is 6.20 Å². The molecule has 0 fully saturated rings. The molecule has 0 aromatic carbocycles. The quantitative estimate of drug-likeness (QED) is 0.825. The molecule has 2 N–H and O–H groups in total. The Morgan fingerprint density at radius 3 is 2.50 bits per heavy atom. The summed E-state index contributed by atoms with van der Waals surface area (Å²) in [7, 11) is -3.22. The number of aromatic nitrogens is 1. The summed E-state index contributed by atoms with van der Waals surface area (Å²) in [5, 5.41) is 3.12. The molecule has 0 aliphatic heterocycles. The Labute approximate surface area is 96.3 Å². The second kappa shape index (κ2) is 5.16. The number of hydrogen-bond acceptors (Lipinski definition) is 4. The van der Waals surface area contributed by atoms with Gasteiger partial charge in [-0.15, -0.1) is 0 Å². The topological polar surface area (TPSA) is 71.1 Å². The molecule has 16 heavy (non-hydrogen) atoms. The van der Waals surface area contributed by atoms with E-state index in [9.17, 15) is 8.42 Å². The highest BCUT2D eigenvalue weighted by molar-refractivity contribution is 7.92. The summed E-state index contributed by atoms with van der Waals surface area (Å²) >= 11 is 0. The van der Waals surface area contributed by atoms with Crippen molar-refractivity contribution >= 4 is 21.5 Å². The second-order valence-electron chi connectivity index (χ2n) is 3.74. The molecule has 1 aromatic rings. The van der Waals surface area contributed by atoms with Crippen molar-refractivity contribution in [1.29, 1.82) is 0 Å². The summed E-state index contributed by atoms with van der Waals surface area (Å²) in [6.45, 7) is 5.61. The van der Waals surface area contributed by atoms with Crippen LogP contribution < -0.4 is 10.0 Å². The van der Waals surface area contributed by atoms with Crippen molar-refractivity contribution in [3.8, 4) is 0 Å². The fourth-order valence-corrected chi connectivity index (χ4v) is 1.71. The largest absolute Gasteiger partial charge is 0.368 e. The van der Waals surface area contributed by atoms with E-state index in [1.807, 2.05) is 13.8 Å². The fourth-order valence-electron chi connectivity index (χ4n) is 1.09. The van der Waals surface area contributed by atoms with Crippen molar-refractivity contribution in [2.45, 2.75) is 26.8 Å². The molecular formula is C10H17N3O2S. The van der Waals surface area contributed by atoms with Gasteiger partial charge in [0.25, 0.3) is 0 Å². The Bertz CT molecular complexity index is 426. The molecule has 0 radical (unpaired) electrons. The van der Waals surface area contributed by atoms with Gasteiger partial charge in [-0.2, -0.15) is 0 Å². The minimum atomic E-state index is -3.22. The number of pyridine rings is 1. The van der Waals surface area contributed by atoms with Crippen molar-refractivity contribution < 1.29 is 8.42 Å². The molecule has 90 valence electrons. The Morgan fingerprint density at radius 2 is 2.06 bits per heavy atom. The first kappa shape index (κ1) is 12.8. The molecule has 0 saturated carbocycles. The van der Waals surface area contributed by atoms with E-state index in [0.29, 0.717) is 11.7 Å². The number of nitrogens with one attached hydrogen (secondary N) is 2. The summed E-state index contributed by atoms with van der Waals surface area (Å²) in [6.07, 6.45) is 1.50. The molecule has 1 aromatic heterocycles. The van der Waals surface area contributed by atoms with Crippen LogP contribution in [0.4, 0.5) is 11.5 Å². The lowest BCUT2D eigenvalue weighted by molar-refractivity contribution is 0.602. The average molecular weight is 243 g/mol. The van der Waals surface area contributed by atoms with Crippen LogP contribution in [0.3, 0.4) is 0 Å². The van der Waals surface area contributed by atoms with E-state index < -0.39 is 10.0 Å². The molecule has 1 rings (SSSR count). The minimum Gasteiger partial charge on any atom is -0.368 e. The number of nitrogens with zero attached hydrogens (tertiary/aromatic N) is 1. The van der Waals surface area contributed by atoms with Gasteiger partial charge in [-0.3, -0.25) is 4.72 Å². The van der Waals surface area contributed by atoms with Crippen LogP contribution >= 0.6 is 0 Å². The normalized spacial score (nSPS) is 11.5. The summed E-state index contributed by atoms with van der Waals surface area (Å²) in [5.41, 5.74) is 0.483. The standard InChI is InChI=1S/C10H17N3O2S/c1-4-16(14,15)13-9-5-6-10(11-7-9)12-8(2)3/h5-8,13H,4H2,1-3H3,(H,11,12). The second-order valence-corrected chi connectivity index (χ2v) is 5.75. The molecule has 0 aliphatic rings. The lowest BCUT2D eigenvalue weighted by atomic mass is 10.3. The fraction of sp³-hybridized carbons (Fsp3) is 0.500. The lowest BCUT2D eigenvalue weighted by Crippen LogP contribution is -2.15. The Kier molecular flexibility index (Phi) is 4.12. The van der Waals surface area contributed by atoms with Gasteiger partial charge >= 0.3 is 0 Å². The van der Waals surface area contributed by atoms with Crippen LogP contribution in [0.15, 0.2) is 18.3 Å². The van der Waals surface area contributed by atoms with E-state index in [1.54, 1.807) is 19.1 Å². The van der Waals surface area contributed by atoms with Gasteiger partial charge in [0.05, 0.1) is 17.6 Å². The summed E-state index contributed by atoms with van der Waals surface area (Å²) in [5.74, 6) is 0.786. The lowest BCUT2D eigenvalue weighted by Gasteiger charge is -2.10. The monoisotopic (exact) mass is 243 g/mol. The van der Waals surface area contributed by atoms with Crippen molar-refractivity contribution in [1.82, 2.24) is 4.98 Å². The summed E-state index contributed by atoms with van der Waals surface area (Å²) in [4.78, 5) is 4.10. The van der Waals surface area contributed by atoms with Crippen molar-refractivity contribution in [2.75, 3.05) is 15.8 Å². The molecule has 5 nitrogen and oxygen atoms in total. The first-order chi connectivity index (χ1) is 7.43. The predicted molar refractivity (Wildman–Crippen MR) is 66.1 cm³/mol. The molecule has 0 bridgehead atoms. The molecule has 0 spiro atoms. The van der Waals surface area contributed by atoms with E-state index >= 15 is 0 Å². The van der Waals surface area contributed by atoms with Crippen LogP contribution in [0.5, 0.6) is 0 Å². The molecule has 6 heteroatoms. The first-order valence-electron chi connectivity index (χ1n) is 5.16. The average Bonchev–Trinajstić information content (AvgIpc) is 2.20. The smallest absolute Gasteiger partial charge is 0.232 e. The van der Waals surface area contributed by atoms with Gasteiger partial charge in [0, 0.05) is 6.04 Å². The maximum Gasteiger partial charge on any atom is 0.232 e. The highest BCUT2D eigenvalue weighted by Gasteiger charge is 2.06. The molecule has 0 saturated heterocycles. The van der Waals surface area contributed by atoms with Gasteiger partial charge in [0.2, 0.25) is 10.0 Å². The number of anilines is 2. The third-order valence-corrected chi connectivity index (χ3v) is 3.16. The van der Waals surface area contributed by atoms with Crippen LogP contribution in [0.1, 0.15) is 20.8 Å². The summed E-state index contributed by atoms with van der Waals surface area (Å²) < 4.78 is 25.0. The van der Waals surface area contributed by atoms with Crippen molar-refractivity contribution in [2.24, 2.45) is 0 Å². The Hall–Kier alpha value is -1.30. The van der Waals surface area contributed by atoms with Crippen LogP contribution in [0, 0.1) is 0 Å². The third-order valence-electron chi connectivity index (χ3n) is 1.85. The Balaban J connectivity index is 2.72. The number of hydrogen-bond donors (Lipinski definition) is 2. The van der Waals surface area contributed by atoms with Gasteiger partial charge in [0.15, 0.2) is 0 Å². The molecule has 1 heterocycles.